The minimum atomic E-state index is -1.16. The smallest absolute Gasteiger partial charge is 0.164 e. The van der Waals surface area contributed by atoms with Crippen LogP contribution in [0.2, 0.25) is 0 Å². The van der Waals surface area contributed by atoms with Gasteiger partial charge in [0.1, 0.15) is 5.82 Å². The van der Waals surface area contributed by atoms with Gasteiger partial charge in [-0.15, -0.1) is 31.4 Å². The SMILES string of the molecule is C=C[C@H](c1cc(F)cc(F)c1F)N1CCNCC1.Cl.Cl. The molecule has 1 heterocycles. The van der Waals surface area contributed by atoms with Crippen molar-refractivity contribution in [3.63, 3.8) is 0 Å². The van der Waals surface area contributed by atoms with Gasteiger partial charge in [0.2, 0.25) is 0 Å². The maximum atomic E-state index is 13.7. The van der Waals surface area contributed by atoms with E-state index in [1.807, 2.05) is 4.90 Å². The Morgan fingerprint density at radius 2 is 1.75 bits per heavy atom. The highest BCUT2D eigenvalue weighted by atomic mass is 35.5. The molecule has 1 aliphatic rings. The number of nitrogens with one attached hydrogen (secondary N) is 1. The normalized spacial score (nSPS) is 16.8. The maximum absolute atomic E-state index is 13.7. The summed E-state index contributed by atoms with van der Waals surface area (Å²) in [6.07, 6.45) is 1.52. The average Bonchev–Trinajstić information content (AvgIpc) is 2.37. The van der Waals surface area contributed by atoms with Crippen molar-refractivity contribution < 1.29 is 13.2 Å². The molecule has 2 nitrogen and oxygen atoms in total. The van der Waals surface area contributed by atoms with E-state index in [2.05, 4.69) is 11.9 Å². The molecule has 2 rings (SSSR count). The van der Waals surface area contributed by atoms with Crippen LogP contribution in [0, 0.1) is 17.5 Å². The lowest BCUT2D eigenvalue weighted by Gasteiger charge is -2.33. The fourth-order valence-electron chi connectivity index (χ4n) is 2.22. The van der Waals surface area contributed by atoms with Gasteiger partial charge in [-0.05, 0) is 6.07 Å². The Kier molecular flexibility index (Phi) is 8.20. The first-order valence-corrected chi connectivity index (χ1v) is 5.85. The summed E-state index contributed by atoms with van der Waals surface area (Å²) in [7, 11) is 0. The molecule has 1 aromatic carbocycles. The Balaban J connectivity index is 0.00000180. The molecule has 0 aromatic heterocycles. The Hall–Kier alpha value is -0.750. The number of piperazine rings is 1. The first-order valence-electron chi connectivity index (χ1n) is 5.85. The van der Waals surface area contributed by atoms with Gasteiger partial charge in [-0.25, -0.2) is 13.2 Å². The molecule has 0 aliphatic carbocycles. The summed E-state index contributed by atoms with van der Waals surface area (Å²) in [4.78, 5) is 1.95. The van der Waals surface area contributed by atoms with Crippen LogP contribution in [0.25, 0.3) is 0 Å². The fraction of sp³-hybridized carbons (Fsp3) is 0.385. The van der Waals surface area contributed by atoms with E-state index < -0.39 is 23.5 Å². The number of hydrogen-bond acceptors (Lipinski definition) is 2. The van der Waals surface area contributed by atoms with Crippen molar-refractivity contribution in [1.29, 1.82) is 0 Å². The third-order valence-electron chi connectivity index (χ3n) is 3.11. The van der Waals surface area contributed by atoms with E-state index in [4.69, 9.17) is 0 Å². The number of halogens is 5. The summed E-state index contributed by atoms with van der Waals surface area (Å²) in [6.45, 7) is 6.55. The van der Waals surface area contributed by atoms with Gasteiger partial charge >= 0.3 is 0 Å². The van der Waals surface area contributed by atoms with Crippen molar-refractivity contribution in [2.45, 2.75) is 6.04 Å². The second-order valence-electron chi connectivity index (χ2n) is 4.26. The molecular formula is C13H17Cl2F3N2. The largest absolute Gasteiger partial charge is 0.314 e. The van der Waals surface area contributed by atoms with Crippen LogP contribution >= 0.6 is 24.8 Å². The van der Waals surface area contributed by atoms with Gasteiger partial charge < -0.3 is 5.32 Å². The lowest BCUT2D eigenvalue weighted by molar-refractivity contribution is 0.199. The maximum Gasteiger partial charge on any atom is 0.164 e. The van der Waals surface area contributed by atoms with E-state index >= 15 is 0 Å². The summed E-state index contributed by atoms with van der Waals surface area (Å²) in [5.74, 6) is -2.93. The topological polar surface area (TPSA) is 15.3 Å². The first kappa shape index (κ1) is 19.2. The van der Waals surface area contributed by atoms with E-state index in [1.165, 1.54) is 6.08 Å². The number of rotatable bonds is 3. The third kappa shape index (κ3) is 4.12. The first-order chi connectivity index (χ1) is 8.63. The Morgan fingerprint density at radius 1 is 1.15 bits per heavy atom. The molecule has 0 saturated carbocycles. The zero-order valence-corrected chi connectivity index (χ0v) is 12.4. The quantitative estimate of drug-likeness (QED) is 0.677. The van der Waals surface area contributed by atoms with Gasteiger partial charge in [0.05, 0.1) is 6.04 Å². The molecule has 7 heteroatoms. The van der Waals surface area contributed by atoms with Crippen LogP contribution in [0.5, 0.6) is 0 Å². The van der Waals surface area contributed by atoms with E-state index in [0.29, 0.717) is 19.2 Å². The van der Waals surface area contributed by atoms with E-state index in [-0.39, 0.29) is 30.4 Å². The molecule has 0 radical (unpaired) electrons. The minimum absolute atomic E-state index is 0. The standard InChI is InChI=1S/C13H15F3N2.2ClH/c1-2-12(18-5-3-17-4-6-18)10-7-9(14)8-11(15)13(10)16;;/h2,7-8,12,17H,1,3-6H2;2*1H/t12-;;/m1../s1. The molecule has 0 bridgehead atoms. The van der Waals surface area contributed by atoms with Crippen molar-refractivity contribution in [3.8, 4) is 0 Å². The second kappa shape index (κ2) is 8.52. The van der Waals surface area contributed by atoms with Gasteiger partial charge in [-0.2, -0.15) is 0 Å². The molecule has 1 fully saturated rings. The zero-order valence-electron chi connectivity index (χ0n) is 10.7. The molecule has 0 spiro atoms. The van der Waals surface area contributed by atoms with Crippen molar-refractivity contribution >= 4 is 24.8 Å². The van der Waals surface area contributed by atoms with E-state index in [9.17, 15) is 13.2 Å². The zero-order chi connectivity index (χ0) is 13.1. The van der Waals surface area contributed by atoms with Crippen LogP contribution in [0.3, 0.4) is 0 Å². The predicted octanol–water partition coefficient (Wildman–Crippen LogP) is 3.08. The molecule has 1 aliphatic heterocycles. The molecule has 0 amide bonds. The summed E-state index contributed by atoms with van der Waals surface area (Å²) in [5, 5.41) is 3.16. The van der Waals surface area contributed by atoms with Crippen molar-refractivity contribution in [1.82, 2.24) is 10.2 Å². The van der Waals surface area contributed by atoms with Gasteiger partial charge in [-0.1, -0.05) is 6.08 Å². The highest BCUT2D eigenvalue weighted by Crippen LogP contribution is 2.27. The van der Waals surface area contributed by atoms with Crippen molar-refractivity contribution in [2.24, 2.45) is 0 Å². The van der Waals surface area contributed by atoms with Gasteiger partial charge in [0.15, 0.2) is 11.6 Å². The fourth-order valence-corrected chi connectivity index (χ4v) is 2.22. The Labute approximate surface area is 128 Å². The van der Waals surface area contributed by atoms with E-state index in [1.54, 1.807) is 0 Å². The summed E-state index contributed by atoms with van der Waals surface area (Å²) in [6, 6.07) is 1.08. The predicted molar refractivity (Wildman–Crippen MR) is 78.2 cm³/mol. The van der Waals surface area contributed by atoms with E-state index in [0.717, 1.165) is 19.2 Å². The monoisotopic (exact) mass is 328 g/mol. The molecule has 1 saturated heterocycles. The summed E-state index contributed by atoms with van der Waals surface area (Å²) < 4.78 is 40.2. The summed E-state index contributed by atoms with van der Waals surface area (Å²) in [5.41, 5.74) is 0.00407. The molecule has 20 heavy (non-hydrogen) atoms. The highest BCUT2D eigenvalue weighted by Gasteiger charge is 2.24. The second-order valence-corrected chi connectivity index (χ2v) is 4.26. The highest BCUT2D eigenvalue weighted by molar-refractivity contribution is 5.85. The van der Waals surface area contributed by atoms with Crippen LogP contribution in [0.4, 0.5) is 13.2 Å². The lowest BCUT2D eigenvalue weighted by atomic mass is 10.0. The average molecular weight is 329 g/mol. The molecule has 1 aromatic rings. The molecule has 1 N–H and O–H groups in total. The lowest BCUT2D eigenvalue weighted by Crippen LogP contribution is -2.44. The minimum Gasteiger partial charge on any atom is -0.314 e. The van der Waals surface area contributed by atoms with Crippen LogP contribution in [-0.4, -0.2) is 31.1 Å². The van der Waals surface area contributed by atoms with Crippen LogP contribution < -0.4 is 5.32 Å². The molecule has 1 atom stereocenters. The van der Waals surface area contributed by atoms with Gasteiger partial charge in [0.25, 0.3) is 0 Å². The number of nitrogens with zero attached hydrogens (tertiary/aromatic N) is 1. The Bertz CT molecular complexity index is 451. The number of hydrogen-bond donors (Lipinski definition) is 1. The van der Waals surface area contributed by atoms with Crippen LogP contribution in [0.15, 0.2) is 24.8 Å². The third-order valence-corrected chi connectivity index (χ3v) is 3.11. The van der Waals surface area contributed by atoms with Crippen molar-refractivity contribution in [3.05, 3.63) is 47.8 Å². The molecule has 114 valence electrons. The Morgan fingerprint density at radius 3 is 2.30 bits per heavy atom. The van der Waals surface area contributed by atoms with Gasteiger partial charge in [-0.3, -0.25) is 4.90 Å². The molecule has 0 unspecified atom stereocenters. The van der Waals surface area contributed by atoms with Crippen molar-refractivity contribution in [2.75, 3.05) is 26.2 Å². The number of benzene rings is 1. The van der Waals surface area contributed by atoms with Crippen LogP contribution in [0.1, 0.15) is 11.6 Å². The summed E-state index contributed by atoms with van der Waals surface area (Å²) >= 11 is 0. The van der Waals surface area contributed by atoms with Crippen LogP contribution in [-0.2, 0) is 0 Å². The molecular weight excluding hydrogens is 312 g/mol. The van der Waals surface area contributed by atoms with Gasteiger partial charge in [0, 0.05) is 37.8 Å².